The minimum atomic E-state index is -2.62. The van der Waals surface area contributed by atoms with Crippen LogP contribution in [0.15, 0.2) is 24.4 Å². The fourth-order valence-corrected chi connectivity index (χ4v) is 6.60. The van der Waals surface area contributed by atoms with E-state index < -0.39 is 6.43 Å². The lowest BCUT2D eigenvalue weighted by atomic mass is 10.00. The van der Waals surface area contributed by atoms with Crippen LogP contribution in [-0.2, 0) is 11.8 Å². The topological polar surface area (TPSA) is 68.1 Å². The molecule has 0 amide bonds. The summed E-state index contributed by atoms with van der Waals surface area (Å²) in [4.78, 5) is 2.61. The number of halogens is 2. The summed E-state index contributed by atoms with van der Waals surface area (Å²) in [5.74, 6) is 2.21. The van der Waals surface area contributed by atoms with Gasteiger partial charge in [-0.25, -0.2) is 8.78 Å². The van der Waals surface area contributed by atoms with Crippen LogP contribution >= 0.6 is 0 Å². The van der Waals surface area contributed by atoms with Gasteiger partial charge in [0, 0.05) is 63.1 Å². The molecular weight excluding hydrogens is 462 g/mol. The normalized spacial score (nSPS) is 25.2. The summed E-state index contributed by atoms with van der Waals surface area (Å²) in [6, 6.07) is 5.45. The third-order valence-electron chi connectivity index (χ3n) is 8.43. The molecule has 3 aromatic rings. The summed E-state index contributed by atoms with van der Waals surface area (Å²) in [5, 5.41) is 17.4. The van der Waals surface area contributed by atoms with Gasteiger partial charge in [0.1, 0.15) is 0 Å². The molecule has 3 atom stereocenters. The number of anilines is 1. The van der Waals surface area contributed by atoms with E-state index in [4.69, 9.17) is 4.74 Å². The Hall–Kier alpha value is -2.65. The Morgan fingerprint density at radius 3 is 2.58 bits per heavy atom. The third kappa shape index (κ3) is 4.59. The summed E-state index contributed by atoms with van der Waals surface area (Å²) in [5.41, 5.74) is 3.02. The summed E-state index contributed by atoms with van der Waals surface area (Å²) >= 11 is 0. The minimum absolute atomic E-state index is 0.0797. The van der Waals surface area contributed by atoms with Crippen molar-refractivity contribution in [1.29, 1.82) is 0 Å². The first-order valence-corrected chi connectivity index (χ1v) is 13.1. The molecule has 2 saturated heterocycles. The summed E-state index contributed by atoms with van der Waals surface area (Å²) in [6.07, 6.45) is 3.64. The number of aromatic nitrogens is 4. The molecule has 2 aromatic heterocycles. The Labute approximate surface area is 210 Å². The summed E-state index contributed by atoms with van der Waals surface area (Å²) in [7, 11) is 1.87. The van der Waals surface area contributed by atoms with Crippen molar-refractivity contribution < 1.29 is 13.5 Å². The lowest BCUT2D eigenvalue weighted by molar-refractivity contribution is 0.0545. The molecule has 36 heavy (non-hydrogen) atoms. The minimum Gasteiger partial charge on any atom is -0.381 e. The average Bonchev–Trinajstić information content (AvgIpc) is 3.53. The quantitative estimate of drug-likeness (QED) is 0.528. The first kappa shape index (κ1) is 23.7. The molecule has 0 bridgehead atoms. The van der Waals surface area contributed by atoms with Gasteiger partial charge in [0.15, 0.2) is 5.82 Å². The van der Waals surface area contributed by atoms with Crippen molar-refractivity contribution in [2.24, 2.45) is 24.8 Å². The molecule has 9 heteroatoms. The predicted molar refractivity (Wildman–Crippen MR) is 135 cm³/mol. The van der Waals surface area contributed by atoms with E-state index in [2.05, 4.69) is 25.5 Å². The van der Waals surface area contributed by atoms with Crippen molar-refractivity contribution in [1.82, 2.24) is 24.9 Å². The van der Waals surface area contributed by atoms with Gasteiger partial charge in [0.05, 0.1) is 16.8 Å². The predicted octanol–water partition coefficient (Wildman–Crippen LogP) is 4.83. The number of hydrogen-bond acceptors (Lipinski definition) is 6. The molecule has 7 nitrogen and oxygen atoms in total. The van der Waals surface area contributed by atoms with Crippen molar-refractivity contribution in [2.75, 3.05) is 38.2 Å². The maximum absolute atomic E-state index is 14.1. The summed E-state index contributed by atoms with van der Waals surface area (Å²) < 4.78 is 35.5. The molecule has 6 rings (SSSR count). The third-order valence-corrected chi connectivity index (χ3v) is 8.43. The molecule has 1 saturated carbocycles. The van der Waals surface area contributed by atoms with Gasteiger partial charge >= 0.3 is 0 Å². The van der Waals surface area contributed by atoms with Crippen LogP contribution < -0.4 is 5.32 Å². The van der Waals surface area contributed by atoms with E-state index in [1.54, 1.807) is 4.68 Å². The van der Waals surface area contributed by atoms with Gasteiger partial charge < -0.3 is 15.0 Å². The van der Waals surface area contributed by atoms with Gasteiger partial charge in [-0.15, -0.1) is 10.2 Å². The highest BCUT2D eigenvalue weighted by molar-refractivity contribution is 5.88. The number of aryl methyl sites for hydroxylation is 2. The van der Waals surface area contributed by atoms with Crippen LogP contribution in [0.2, 0.25) is 0 Å². The number of rotatable bonds is 6. The van der Waals surface area contributed by atoms with E-state index in [9.17, 15) is 8.78 Å². The van der Waals surface area contributed by atoms with Crippen molar-refractivity contribution in [3.05, 3.63) is 35.5 Å². The second-order valence-corrected chi connectivity index (χ2v) is 10.9. The van der Waals surface area contributed by atoms with E-state index in [0.717, 1.165) is 79.9 Å². The van der Waals surface area contributed by atoms with Crippen LogP contribution in [0.3, 0.4) is 0 Å². The van der Waals surface area contributed by atoms with Gasteiger partial charge in [-0.2, -0.15) is 5.10 Å². The molecule has 2 aliphatic heterocycles. The molecule has 1 aromatic carbocycles. The first-order valence-electron chi connectivity index (χ1n) is 13.1. The van der Waals surface area contributed by atoms with Gasteiger partial charge in [0.25, 0.3) is 6.43 Å². The number of benzene rings is 1. The lowest BCUT2D eigenvalue weighted by Gasteiger charge is -2.28. The molecule has 4 heterocycles. The summed E-state index contributed by atoms with van der Waals surface area (Å²) in [6.45, 7) is 7.15. The van der Waals surface area contributed by atoms with Crippen LogP contribution in [0.5, 0.6) is 0 Å². The zero-order valence-electron chi connectivity index (χ0n) is 21.0. The molecule has 1 aliphatic carbocycles. The second kappa shape index (κ2) is 9.67. The number of fused-ring (bicyclic) bond motifs is 2. The van der Waals surface area contributed by atoms with Gasteiger partial charge in [0.2, 0.25) is 0 Å². The van der Waals surface area contributed by atoms with Crippen molar-refractivity contribution in [2.45, 2.75) is 45.1 Å². The SMILES string of the molecule is Cc1c(-c2cc(C(F)F)c(NC3CC4CN(CC5CCOCC5)C[C@H]4C3)nn2)ccc2nn(C)cc12. The Kier molecular flexibility index (Phi) is 6.37. The number of likely N-dealkylation sites (tertiary alicyclic amines) is 1. The van der Waals surface area contributed by atoms with Gasteiger partial charge in [-0.3, -0.25) is 4.68 Å². The highest BCUT2D eigenvalue weighted by Gasteiger charge is 2.41. The van der Waals surface area contributed by atoms with Crippen molar-refractivity contribution >= 4 is 16.7 Å². The Balaban J connectivity index is 1.14. The fourth-order valence-electron chi connectivity index (χ4n) is 6.60. The first-order chi connectivity index (χ1) is 17.4. The zero-order valence-corrected chi connectivity index (χ0v) is 21.0. The highest BCUT2D eigenvalue weighted by Crippen LogP contribution is 2.41. The number of alkyl halides is 2. The van der Waals surface area contributed by atoms with E-state index in [0.29, 0.717) is 17.5 Å². The smallest absolute Gasteiger partial charge is 0.267 e. The second-order valence-electron chi connectivity index (χ2n) is 10.9. The molecule has 192 valence electrons. The van der Waals surface area contributed by atoms with Crippen LogP contribution in [-0.4, -0.2) is 63.8 Å². The number of hydrogen-bond donors (Lipinski definition) is 1. The molecule has 2 unspecified atom stereocenters. The van der Waals surface area contributed by atoms with Crippen LogP contribution in [0.4, 0.5) is 14.6 Å². The van der Waals surface area contributed by atoms with E-state index in [1.807, 2.05) is 32.3 Å². The molecule has 0 radical (unpaired) electrons. The fraction of sp³-hybridized carbons (Fsp3) is 0.593. The molecule has 0 spiro atoms. The van der Waals surface area contributed by atoms with Gasteiger partial charge in [-0.1, -0.05) is 6.07 Å². The average molecular weight is 497 g/mol. The molecule has 3 fully saturated rings. The molecule has 1 N–H and O–H groups in total. The van der Waals surface area contributed by atoms with E-state index >= 15 is 0 Å². The largest absolute Gasteiger partial charge is 0.381 e. The Morgan fingerprint density at radius 1 is 1.11 bits per heavy atom. The van der Waals surface area contributed by atoms with E-state index in [-0.39, 0.29) is 17.4 Å². The van der Waals surface area contributed by atoms with Crippen molar-refractivity contribution in [3.8, 4) is 11.3 Å². The molecule has 3 aliphatic rings. The number of nitrogens with one attached hydrogen (secondary N) is 1. The maximum atomic E-state index is 14.1. The number of ether oxygens (including phenoxy) is 1. The van der Waals surface area contributed by atoms with Crippen LogP contribution in [0.25, 0.3) is 22.2 Å². The van der Waals surface area contributed by atoms with Crippen LogP contribution in [0.1, 0.15) is 43.2 Å². The van der Waals surface area contributed by atoms with Crippen LogP contribution in [0, 0.1) is 24.7 Å². The monoisotopic (exact) mass is 496 g/mol. The lowest BCUT2D eigenvalue weighted by Crippen LogP contribution is -2.32. The Morgan fingerprint density at radius 2 is 1.86 bits per heavy atom. The standard InChI is InChI=1S/C27H34F2N6O/c1-16-21(3-4-24-23(16)15-34(2)33-24)25-11-22(26(28)29)27(32-31-25)30-20-9-18-13-35(14-19(18)10-20)12-17-5-7-36-8-6-17/h3-4,11,15,17-20,26H,5-10,12-14H2,1-2H3,(H,30,32)/t18-,19?,20?/m1/s1. The molecular formula is C27H34F2N6O. The highest BCUT2D eigenvalue weighted by atomic mass is 19.3. The zero-order chi connectivity index (χ0) is 24.8. The Bertz CT molecular complexity index is 1230. The maximum Gasteiger partial charge on any atom is 0.267 e. The number of nitrogens with zero attached hydrogens (tertiary/aromatic N) is 5. The van der Waals surface area contributed by atoms with E-state index in [1.165, 1.54) is 12.6 Å². The van der Waals surface area contributed by atoms with Gasteiger partial charge in [-0.05, 0) is 68.1 Å². The van der Waals surface area contributed by atoms with Crippen molar-refractivity contribution in [3.63, 3.8) is 0 Å².